The second-order valence-corrected chi connectivity index (χ2v) is 7.17. The summed E-state index contributed by atoms with van der Waals surface area (Å²) in [5.41, 5.74) is 6.52. The molecule has 5 rings (SSSR count). The van der Waals surface area contributed by atoms with Crippen LogP contribution in [0.1, 0.15) is 17.0 Å². The van der Waals surface area contributed by atoms with Crippen molar-refractivity contribution >= 4 is 10.9 Å². The zero-order valence-electron chi connectivity index (χ0n) is 15.8. The van der Waals surface area contributed by atoms with Crippen LogP contribution in [0.2, 0.25) is 0 Å². The van der Waals surface area contributed by atoms with E-state index in [2.05, 4.69) is 38.3 Å². The number of nitrogens with zero attached hydrogens (tertiary/aromatic N) is 5. The highest BCUT2D eigenvalue weighted by Crippen LogP contribution is 2.29. The van der Waals surface area contributed by atoms with Gasteiger partial charge in [0.1, 0.15) is 0 Å². The molecular weight excluding hydrogens is 352 g/mol. The molecule has 0 unspecified atom stereocenters. The highest BCUT2D eigenvalue weighted by Gasteiger charge is 2.18. The number of fused-ring (bicyclic) bond motifs is 3. The third-order valence-corrected chi connectivity index (χ3v) is 5.40. The average Bonchev–Trinajstić information content (AvgIpc) is 3.01. The molecule has 7 heteroatoms. The number of hydrogen-bond acceptors (Lipinski definition) is 5. The molecule has 28 heavy (non-hydrogen) atoms. The first-order valence-electron chi connectivity index (χ1n) is 9.33. The van der Waals surface area contributed by atoms with Crippen LogP contribution in [0.25, 0.3) is 27.8 Å². The van der Waals surface area contributed by atoms with Crippen LogP contribution in [0.3, 0.4) is 0 Å². The lowest BCUT2D eigenvalue weighted by Crippen LogP contribution is -2.24. The fourth-order valence-electron chi connectivity index (χ4n) is 3.91. The summed E-state index contributed by atoms with van der Waals surface area (Å²) in [6.07, 6.45) is 2.68. The maximum Gasteiger partial charge on any atom is 0.272 e. The topological polar surface area (TPSA) is 77.6 Å². The predicted molar refractivity (Wildman–Crippen MR) is 107 cm³/mol. The first-order valence-corrected chi connectivity index (χ1v) is 9.33. The Balaban J connectivity index is 1.59. The van der Waals surface area contributed by atoms with E-state index in [1.165, 1.54) is 21.3 Å². The lowest BCUT2D eigenvalue weighted by Gasteiger charge is -2.14. The summed E-state index contributed by atoms with van der Waals surface area (Å²) >= 11 is 0. The van der Waals surface area contributed by atoms with Crippen molar-refractivity contribution in [3.63, 3.8) is 0 Å². The molecule has 1 aromatic carbocycles. The van der Waals surface area contributed by atoms with E-state index in [4.69, 9.17) is 0 Å². The van der Waals surface area contributed by atoms with Gasteiger partial charge in [0, 0.05) is 36.3 Å². The van der Waals surface area contributed by atoms with Gasteiger partial charge >= 0.3 is 0 Å². The fourth-order valence-corrected chi connectivity index (χ4v) is 3.91. The summed E-state index contributed by atoms with van der Waals surface area (Å²) in [7, 11) is 2.08. The van der Waals surface area contributed by atoms with E-state index < -0.39 is 0 Å². The average molecular weight is 372 g/mol. The second kappa shape index (κ2) is 6.38. The van der Waals surface area contributed by atoms with Crippen molar-refractivity contribution in [3.05, 3.63) is 69.9 Å². The maximum absolute atomic E-state index is 12.7. The highest BCUT2D eigenvalue weighted by molar-refractivity contribution is 5.87. The van der Waals surface area contributed by atoms with E-state index in [9.17, 15) is 4.79 Å². The normalized spacial score (nSPS) is 13.6. The van der Waals surface area contributed by atoms with Crippen molar-refractivity contribution in [2.45, 2.75) is 19.9 Å². The number of rotatable bonds is 2. The summed E-state index contributed by atoms with van der Waals surface area (Å²) in [6.45, 7) is 3.75. The van der Waals surface area contributed by atoms with E-state index in [-0.39, 0.29) is 5.56 Å². The van der Waals surface area contributed by atoms with Gasteiger partial charge in [-0.2, -0.15) is 20.0 Å². The third-order valence-electron chi connectivity index (χ3n) is 5.40. The molecule has 0 bridgehead atoms. The molecule has 0 aliphatic carbocycles. The molecule has 0 amide bonds. The Morgan fingerprint density at radius 3 is 2.79 bits per heavy atom. The van der Waals surface area contributed by atoms with E-state index in [0.717, 1.165) is 36.4 Å². The Labute approximate surface area is 161 Å². The molecule has 1 aliphatic heterocycles. The van der Waals surface area contributed by atoms with E-state index in [0.29, 0.717) is 11.3 Å². The van der Waals surface area contributed by atoms with Gasteiger partial charge in [-0.25, -0.2) is 0 Å². The Morgan fingerprint density at radius 2 is 2.00 bits per heavy atom. The minimum Gasteiger partial charge on any atom is -0.346 e. The predicted octanol–water partition coefficient (Wildman–Crippen LogP) is 2.14. The van der Waals surface area contributed by atoms with Crippen molar-refractivity contribution in [2.24, 2.45) is 7.05 Å². The molecule has 0 atom stereocenters. The molecular formula is C21H20N6O. The van der Waals surface area contributed by atoms with Crippen LogP contribution in [-0.2, 0) is 20.0 Å². The van der Waals surface area contributed by atoms with Crippen LogP contribution in [0.4, 0.5) is 0 Å². The number of aromatic nitrogens is 5. The fraction of sp³-hybridized carbons (Fsp3) is 0.238. The number of aryl methyl sites for hydroxylation is 2. The lowest BCUT2D eigenvalue weighted by atomic mass is 10.0. The molecule has 0 fully saturated rings. The van der Waals surface area contributed by atoms with Crippen LogP contribution in [0.5, 0.6) is 0 Å². The Hall–Kier alpha value is -3.32. The van der Waals surface area contributed by atoms with Gasteiger partial charge in [0.2, 0.25) is 0 Å². The van der Waals surface area contributed by atoms with Crippen molar-refractivity contribution in [1.82, 2.24) is 29.9 Å². The summed E-state index contributed by atoms with van der Waals surface area (Å²) in [5, 5.41) is 17.2. The zero-order valence-corrected chi connectivity index (χ0v) is 15.8. The van der Waals surface area contributed by atoms with Crippen LogP contribution in [0, 0.1) is 6.92 Å². The summed E-state index contributed by atoms with van der Waals surface area (Å²) < 4.78 is 3.64. The van der Waals surface area contributed by atoms with Gasteiger partial charge in [-0.15, -0.1) is 0 Å². The molecule has 4 aromatic rings. The summed E-state index contributed by atoms with van der Waals surface area (Å²) in [6, 6.07) is 11.4. The summed E-state index contributed by atoms with van der Waals surface area (Å²) in [4.78, 5) is 12.7. The van der Waals surface area contributed by atoms with Gasteiger partial charge in [0.25, 0.3) is 5.56 Å². The van der Waals surface area contributed by atoms with Gasteiger partial charge in [-0.1, -0.05) is 6.07 Å². The molecule has 0 saturated heterocycles. The second-order valence-electron chi connectivity index (χ2n) is 7.17. The number of hydrogen-bond donors (Lipinski definition) is 1. The van der Waals surface area contributed by atoms with Gasteiger partial charge in [-0.3, -0.25) is 4.79 Å². The smallest absolute Gasteiger partial charge is 0.272 e. The first kappa shape index (κ1) is 16.8. The highest BCUT2D eigenvalue weighted by atomic mass is 16.1. The minimum absolute atomic E-state index is 0.195. The molecule has 0 spiro atoms. The molecule has 0 saturated carbocycles. The Kier molecular flexibility index (Phi) is 3.84. The molecule has 3 aromatic heterocycles. The lowest BCUT2D eigenvalue weighted by molar-refractivity contribution is 0.614. The molecule has 0 radical (unpaired) electrons. The standard InChI is InChI=1S/C21H20N6O/c1-13-3-6-18(25-24-13)14-9-21(28)27(23-11-14)15-4-5-16-17-7-8-22-12-20(17)26(2)19(16)10-15/h3-6,9-11,22H,7-8,12H2,1-2H3. The molecule has 4 heterocycles. The van der Waals surface area contributed by atoms with Gasteiger partial charge < -0.3 is 9.88 Å². The molecule has 140 valence electrons. The van der Waals surface area contributed by atoms with Crippen molar-refractivity contribution in [2.75, 3.05) is 6.54 Å². The summed E-state index contributed by atoms with van der Waals surface area (Å²) in [5.74, 6) is 0. The van der Waals surface area contributed by atoms with Crippen molar-refractivity contribution in [3.8, 4) is 16.9 Å². The van der Waals surface area contributed by atoms with Crippen LogP contribution < -0.4 is 10.9 Å². The molecule has 7 nitrogen and oxygen atoms in total. The SMILES string of the molecule is Cc1ccc(-c2cnn(-c3ccc4c5c(n(C)c4c3)CNCC5)c(=O)c2)nn1. The zero-order chi connectivity index (χ0) is 19.3. The maximum atomic E-state index is 12.7. The quantitative estimate of drug-likeness (QED) is 0.583. The Morgan fingerprint density at radius 1 is 1.11 bits per heavy atom. The molecule has 1 aliphatic rings. The largest absolute Gasteiger partial charge is 0.346 e. The van der Waals surface area contributed by atoms with Crippen molar-refractivity contribution < 1.29 is 0 Å². The first-order chi connectivity index (χ1) is 13.6. The number of nitrogens with one attached hydrogen (secondary N) is 1. The van der Waals surface area contributed by atoms with E-state index >= 15 is 0 Å². The van der Waals surface area contributed by atoms with Crippen LogP contribution in [-0.4, -0.2) is 31.1 Å². The van der Waals surface area contributed by atoms with Crippen LogP contribution in [0.15, 0.2) is 47.4 Å². The van der Waals surface area contributed by atoms with E-state index in [1.807, 2.05) is 31.2 Å². The van der Waals surface area contributed by atoms with Gasteiger partial charge in [-0.05, 0) is 49.7 Å². The van der Waals surface area contributed by atoms with Gasteiger partial charge in [0.15, 0.2) is 0 Å². The van der Waals surface area contributed by atoms with E-state index in [1.54, 1.807) is 12.3 Å². The van der Waals surface area contributed by atoms with Crippen LogP contribution >= 0.6 is 0 Å². The van der Waals surface area contributed by atoms with Gasteiger partial charge in [0.05, 0.1) is 28.8 Å². The number of benzene rings is 1. The minimum atomic E-state index is -0.195. The monoisotopic (exact) mass is 372 g/mol. The third kappa shape index (κ3) is 2.63. The molecule has 1 N–H and O–H groups in total. The Bertz CT molecular complexity index is 1250. The van der Waals surface area contributed by atoms with Crippen molar-refractivity contribution in [1.29, 1.82) is 0 Å².